The minimum absolute atomic E-state index is 0.200. The second-order valence-corrected chi connectivity index (χ2v) is 4.29. The molecule has 0 atom stereocenters. The van der Waals surface area contributed by atoms with Crippen molar-refractivity contribution in [3.63, 3.8) is 0 Å². The Bertz CT molecular complexity index is 618. The minimum atomic E-state index is -0.375. The van der Waals surface area contributed by atoms with Gasteiger partial charge in [-0.15, -0.1) is 0 Å². The number of H-pyrrole nitrogens is 1. The lowest BCUT2D eigenvalue weighted by Gasteiger charge is -2.05. The van der Waals surface area contributed by atoms with Crippen molar-refractivity contribution < 1.29 is 9.13 Å². The third kappa shape index (κ3) is 2.36. The Morgan fingerprint density at radius 1 is 1.56 bits per heavy atom. The first kappa shape index (κ1) is 12.6. The Morgan fingerprint density at radius 3 is 3.00 bits per heavy atom. The molecule has 0 spiro atoms. The average Bonchev–Trinajstić information content (AvgIpc) is 2.71. The number of nitriles is 1. The molecule has 4 nitrogen and oxygen atoms in total. The van der Waals surface area contributed by atoms with Gasteiger partial charge in [0.05, 0.1) is 30.9 Å². The molecule has 1 aromatic carbocycles. The normalized spacial score (nSPS) is 10.1. The molecule has 0 saturated heterocycles. The number of benzene rings is 1. The molecule has 1 heterocycles. The summed E-state index contributed by atoms with van der Waals surface area (Å²) in [5, 5.41) is 8.67. The molecule has 2 aromatic rings. The van der Waals surface area contributed by atoms with Gasteiger partial charge in [-0.25, -0.2) is 9.37 Å². The number of aromatic amines is 1. The number of nitrogens with one attached hydrogen (secondary N) is 1. The lowest BCUT2D eigenvalue weighted by molar-refractivity contribution is 0.415. The summed E-state index contributed by atoms with van der Waals surface area (Å²) < 4.78 is 19.0. The van der Waals surface area contributed by atoms with E-state index < -0.39 is 0 Å². The maximum Gasteiger partial charge on any atom is 0.142 e. The summed E-state index contributed by atoms with van der Waals surface area (Å²) in [6.07, 6.45) is 0.200. The lowest BCUT2D eigenvalue weighted by atomic mass is 10.2. The van der Waals surface area contributed by atoms with E-state index >= 15 is 0 Å². The molecule has 0 amide bonds. The van der Waals surface area contributed by atoms with E-state index in [2.05, 4.69) is 25.9 Å². The molecule has 0 saturated carbocycles. The second-order valence-electron chi connectivity index (χ2n) is 3.53. The van der Waals surface area contributed by atoms with E-state index in [0.717, 1.165) is 0 Å². The molecule has 0 aliphatic rings. The van der Waals surface area contributed by atoms with Gasteiger partial charge in [-0.3, -0.25) is 0 Å². The number of halogens is 2. The number of rotatable bonds is 3. The molecule has 6 heteroatoms. The van der Waals surface area contributed by atoms with Crippen molar-refractivity contribution in [2.24, 2.45) is 0 Å². The van der Waals surface area contributed by atoms with Crippen molar-refractivity contribution >= 4 is 15.9 Å². The number of ether oxygens (including phenoxy) is 1. The molecular formula is C12H9BrFN3O. The Hall–Kier alpha value is -1.87. The molecule has 0 unspecified atom stereocenters. The molecule has 1 N–H and O–H groups in total. The number of nitrogens with zero attached hydrogens (tertiary/aromatic N) is 2. The number of hydrogen-bond acceptors (Lipinski definition) is 3. The van der Waals surface area contributed by atoms with Crippen LogP contribution in [0.2, 0.25) is 0 Å². The highest BCUT2D eigenvalue weighted by Gasteiger charge is 2.14. The highest BCUT2D eigenvalue weighted by molar-refractivity contribution is 9.10. The number of aromatic nitrogens is 2. The minimum Gasteiger partial charge on any atom is -0.496 e. The highest BCUT2D eigenvalue weighted by Crippen LogP contribution is 2.30. The van der Waals surface area contributed by atoms with Gasteiger partial charge in [0.1, 0.15) is 22.0 Å². The third-order valence-corrected chi connectivity index (χ3v) is 3.06. The Kier molecular flexibility index (Phi) is 3.63. The molecule has 18 heavy (non-hydrogen) atoms. The molecule has 0 fully saturated rings. The van der Waals surface area contributed by atoms with Crippen LogP contribution in [0.4, 0.5) is 4.39 Å². The summed E-state index contributed by atoms with van der Waals surface area (Å²) in [5.41, 5.74) is 1.17. The van der Waals surface area contributed by atoms with Crippen LogP contribution in [0.25, 0.3) is 11.4 Å². The molecule has 0 radical (unpaired) electrons. The molecule has 0 bridgehead atoms. The third-order valence-electron chi connectivity index (χ3n) is 2.40. The van der Waals surface area contributed by atoms with Crippen molar-refractivity contribution in [3.8, 4) is 23.2 Å². The number of hydrogen-bond donors (Lipinski definition) is 1. The van der Waals surface area contributed by atoms with Crippen molar-refractivity contribution in [1.82, 2.24) is 9.97 Å². The molecular weight excluding hydrogens is 301 g/mol. The van der Waals surface area contributed by atoms with Crippen LogP contribution in [0.3, 0.4) is 0 Å². The Labute approximate surface area is 112 Å². The van der Waals surface area contributed by atoms with Crippen LogP contribution in [-0.2, 0) is 6.42 Å². The van der Waals surface area contributed by atoms with Gasteiger partial charge in [-0.2, -0.15) is 5.26 Å². The molecule has 0 aliphatic carbocycles. The molecule has 1 aromatic heterocycles. The standard InChI is InChI=1S/C12H9BrFN3O/c1-18-10-3-2-7(14)6-8(10)12-16-9(4-5-15)11(13)17-12/h2-3,6H,4H2,1H3,(H,16,17). The van der Waals surface area contributed by atoms with Crippen LogP contribution in [-0.4, -0.2) is 17.1 Å². The van der Waals surface area contributed by atoms with E-state index in [1.165, 1.54) is 25.3 Å². The zero-order chi connectivity index (χ0) is 13.1. The zero-order valence-electron chi connectivity index (χ0n) is 9.50. The maximum absolute atomic E-state index is 13.3. The van der Waals surface area contributed by atoms with Crippen molar-refractivity contribution in [2.45, 2.75) is 6.42 Å². The largest absolute Gasteiger partial charge is 0.496 e. The molecule has 92 valence electrons. The highest BCUT2D eigenvalue weighted by atomic mass is 79.9. The first-order valence-electron chi connectivity index (χ1n) is 5.11. The van der Waals surface area contributed by atoms with Crippen LogP contribution < -0.4 is 4.74 Å². The molecule has 0 aliphatic heterocycles. The summed E-state index contributed by atoms with van der Waals surface area (Å²) >= 11 is 3.25. The average molecular weight is 310 g/mol. The fourth-order valence-corrected chi connectivity index (χ4v) is 1.99. The van der Waals surface area contributed by atoms with Gasteiger partial charge in [-0.1, -0.05) is 0 Å². The summed E-state index contributed by atoms with van der Waals surface area (Å²) in [5.74, 6) is 0.602. The lowest BCUT2D eigenvalue weighted by Crippen LogP contribution is -1.91. The first-order valence-corrected chi connectivity index (χ1v) is 5.90. The Morgan fingerprint density at radius 2 is 2.33 bits per heavy atom. The fourth-order valence-electron chi connectivity index (χ4n) is 1.58. The van der Waals surface area contributed by atoms with Gasteiger partial charge in [0.25, 0.3) is 0 Å². The number of imidazole rings is 1. The van der Waals surface area contributed by atoms with Crippen LogP contribution >= 0.6 is 15.9 Å². The topological polar surface area (TPSA) is 61.7 Å². The van der Waals surface area contributed by atoms with E-state index in [1.807, 2.05) is 6.07 Å². The predicted octanol–water partition coefficient (Wildman–Crippen LogP) is 3.05. The smallest absolute Gasteiger partial charge is 0.142 e. The first-order chi connectivity index (χ1) is 8.65. The van der Waals surface area contributed by atoms with Gasteiger partial charge in [0, 0.05) is 0 Å². The summed E-state index contributed by atoms with van der Waals surface area (Å²) in [6.45, 7) is 0. The van der Waals surface area contributed by atoms with Crippen molar-refractivity contribution in [2.75, 3.05) is 7.11 Å². The summed E-state index contributed by atoms with van der Waals surface area (Å²) in [7, 11) is 1.50. The van der Waals surface area contributed by atoms with Crippen molar-refractivity contribution in [3.05, 3.63) is 34.3 Å². The van der Waals surface area contributed by atoms with Crippen LogP contribution in [0, 0.1) is 17.1 Å². The SMILES string of the molecule is COc1ccc(F)cc1-c1nc(Br)c(CC#N)[nH]1. The predicted molar refractivity (Wildman–Crippen MR) is 67.6 cm³/mol. The van der Waals surface area contributed by atoms with Crippen LogP contribution in [0.1, 0.15) is 5.69 Å². The summed E-state index contributed by atoms with van der Waals surface area (Å²) in [4.78, 5) is 7.19. The monoisotopic (exact) mass is 309 g/mol. The van der Waals surface area contributed by atoms with Gasteiger partial charge in [-0.05, 0) is 34.1 Å². The van der Waals surface area contributed by atoms with E-state index in [9.17, 15) is 4.39 Å². The van der Waals surface area contributed by atoms with E-state index in [1.54, 1.807) is 0 Å². The van der Waals surface area contributed by atoms with Crippen LogP contribution in [0.5, 0.6) is 5.75 Å². The molecule has 2 rings (SSSR count). The summed E-state index contributed by atoms with van der Waals surface area (Å²) in [6, 6.07) is 6.21. The van der Waals surface area contributed by atoms with Crippen LogP contribution in [0.15, 0.2) is 22.8 Å². The maximum atomic E-state index is 13.3. The zero-order valence-corrected chi connectivity index (χ0v) is 11.1. The van der Waals surface area contributed by atoms with Gasteiger partial charge >= 0.3 is 0 Å². The van der Waals surface area contributed by atoms with E-state index in [-0.39, 0.29) is 12.2 Å². The quantitative estimate of drug-likeness (QED) is 0.948. The van der Waals surface area contributed by atoms with Crippen molar-refractivity contribution in [1.29, 1.82) is 5.26 Å². The Balaban J connectivity index is 2.51. The van der Waals surface area contributed by atoms with E-state index in [4.69, 9.17) is 10.00 Å². The number of methoxy groups -OCH3 is 1. The van der Waals surface area contributed by atoms with Gasteiger partial charge in [0.2, 0.25) is 0 Å². The fraction of sp³-hybridized carbons (Fsp3) is 0.167. The van der Waals surface area contributed by atoms with Gasteiger partial charge in [0.15, 0.2) is 0 Å². The second kappa shape index (κ2) is 5.19. The van der Waals surface area contributed by atoms with Gasteiger partial charge < -0.3 is 9.72 Å². The van der Waals surface area contributed by atoms with E-state index in [0.29, 0.717) is 27.4 Å².